The molecule has 0 saturated carbocycles. The fourth-order valence-electron chi connectivity index (χ4n) is 2.58. The van der Waals surface area contributed by atoms with Gasteiger partial charge in [-0.05, 0) is 30.7 Å². The van der Waals surface area contributed by atoms with Gasteiger partial charge in [0.05, 0.1) is 18.4 Å². The molecule has 1 aromatic carbocycles. The predicted molar refractivity (Wildman–Crippen MR) is 86.8 cm³/mol. The molecule has 0 radical (unpaired) electrons. The molecule has 0 spiro atoms. The minimum absolute atomic E-state index is 0.0930. The molecule has 1 aliphatic heterocycles. The first kappa shape index (κ1) is 15.0. The molecular formula is C17H17N3O3. The third kappa shape index (κ3) is 3.15. The van der Waals surface area contributed by atoms with Crippen molar-refractivity contribution in [1.82, 2.24) is 4.98 Å². The van der Waals surface area contributed by atoms with Crippen molar-refractivity contribution in [2.24, 2.45) is 0 Å². The number of hydrogen-bond acceptors (Lipinski definition) is 4. The standard InChI is InChI=1S/C17H17N3O3/c1-23-15-10-13(19-17(22)12-4-2-8-18-11-12)6-7-14(15)20-9-3-5-16(20)21/h2,4,6-8,10-11H,3,5,9H2,1H3,(H,19,22). The minimum atomic E-state index is -0.245. The van der Waals surface area contributed by atoms with E-state index in [0.717, 1.165) is 12.1 Å². The normalized spacial score (nSPS) is 14.0. The number of benzene rings is 1. The van der Waals surface area contributed by atoms with Crippen LogP contribution in [-0.4, -0.2) is 30.5 Å². The van der Waals surface area contributed by atoms with Crippen molar-refractivity contribution in [3.8, 4) is 5.75 Å². The fourth-order valence-corrected chi connectivity index (χ4v) is 2.58. The summed E-state index contributed by atoms with van der Waals surface area (Å²) in [6.45, 7) is 0.691. The zero-order chi connectivity index (χ0) is 16.2. The number of carbonyl (C=O) groups is 2. The summed E-state index contributed by atoms with van der Waals surface area (Å²) in [5.41, 5.74) is 1.81. The van der Waals surface area contributed by atoms with Crippen LogP contribution >= 0.6 is 0 Å². The number of nitrogens with zero attached hydrogens (tertiary/aromatic N) is 2. The maximum absolute atomic E-state index is 12.2. The molecule has 2 heterocycles. The number of anilines is 2. The van der Waals surface area contributed by atoms with E-state index in [1.165, 1.54) is 6.20 Å². The summed E-state index contributed by atoms with van der Waals surface area (Å²) in [4.78, 5) is 29.7. The number of nitrogens with one attached hydrogen (secondary N) is 1. The summed E-state index contributed by atoms with van der Waals surface area (Å²) in [6, 6.07) is 8.67. The Morgan fingerprint density at radius 1 is 1.35 bits per heavy atom. The van der Waals surface area contributed by atoms with Gasteiger partial charge in [0.1, 0.15) is 5.75 Å². The molecule has 6 heteroatoms. The molecule has 2 aromatic rings. The van der Waals surface area contributed by atoms with Crippen LogP contribution in [0.25, 0.3) is 0 Å². The van der Waals surface area contributed by atoms with E-state index in [1.807, 2.05) is 0 Å². The van der Waals surface area contributed by atoms with Crippen molar-refractivity contribution >= 4 is 23.2 Å². The number of rotatable bonds is 4. The average Bonchev–Trinajstić information content (AvgIpc) is 3.01. The Labute approximate surface area is 134 Å². The van der Waals surface area contributed by atoms with Gasteiger partial charge in [0.15, 0.2) is 0 Å². The van der Waals surface area contributed by atoms with Gasteiger partial charge in [-0.3, -0.25) is 14.6 Å². The van der Waals surface area contributed by atoms with Gasteiger partial charge in [-0.15, -0.1) is 0 Å². The van der Waals surface area contributed by atoms with E-state index in [-0.39, 0.29) is 11.8 Å². The van der Waals surface area contributed by atoms with Gasteiger partial charge >= 0.3 is 0 Å². The van der Waals surface area contributed by atoms with Gasteiger partial charge in [0.2, 0.25) is 5.91 Å². The van der Waals surface area contributed by atoms with Gasteiger partial charge in [-0.1, -0.05) is 0 Å². The highest BCUT2D eigenvalue weighted by Gasteiger charge is 2.24. The third-order valence-electron chi connectivity index (χ3n) is 3.73. The lowest BCUT2D eigenvalue weighted by Crippen LogP contribution is -2.24. The first-order valence-corrected chi connectivity index (χ1v) is 7.39. The lowest BCUT2D eigenvalue weighted by Gasteiger charge is -2.19. The van der Waals surface area contributed by atoms with Gasteiger partial charge in [-0.2, -0.15) is 0 Å². The highest BCUT2D eigenvalue weighted by atomic mass is 16.5. The van der Waals surface area contributed by atoms with E-state index in [2.05, 4.69) is 10.3 Å². The molecule has 1 saturated heterocycles. The molecule has 0 atom stereocenters. The molecule has 0 unspecified atom stereocenters. The molecule has 1 aromatic heterocycles. The van der Waals surface area contributed by atoms with E-state index in [4.69, 9.17) is 4.74 Å². The predicted octanol–water partition coefficient (Wildman–Crippen LogP) is 2.47. The maximum Gasteiger partial charge on any atom is 0.257 e. The molecule has 2 amide bonds. The summed E-state index contributed by atoms with van der Waals surface area (Å²) in [6.07, 6.45) is 4.52. The SMILES string of the molecule is COc1cc(NC(=O)c2cccnc2)ccc1N1CCCC1=O. The Morgan fingerprint density at radius 2 is 2.22 bits per heavy atom. The van der Waals surface area contributed by atoms with Crippen LogP contribution in [-0.2, 0) is 4.79 Å². The monoisotopic (exact) mass is 311 g/mol. The summed E-state index contributed by atoms with van der Waals surface area (Å²) in [5, 5.41) is 2.80. The van der Waals surface area contributed by atoms with Crippen LogP contribution in [0.5, 0.6) is 5.75 Å². The van der Waals surface area contributed by atoms with Crippen molar-refractivity contribution in [2.45, 2.75) is 12.8 Å². The molecule has 1 aliphatic rings. The van der Waals surface area contributed by atoms with Gasteiger partial charge in [0, 0.05) is 37.1 Å². The molecule has 1 fully saturated rings. The Kier molecular flexibility index (Phi) is 4.23. The molecule has 3 rings (SSSR count). The van der Waals surface area contributed by atoms with E-state index in [9.17, 15) is 9.59 Å². The Hall–Kier alpha value is -2.89. The van der Waals surface area contributed by atoms with Crippen molar-refractivity contribution < 1.29 is 14.3 Å². The van der Waals surface area contributed by atoms with Gasteiger partial charge in [-0.25, -0.2) is 0 Å². The second-order valence-electron chi connectivity index (χ2n) is 5.23. The molecular weight excluding hydrogens is 294 g/mol. The van der Waals surface area contributed by atoms with Crippen LogP contribution in [0.1, 0.15) is 23.2 Å². The molecule has 6 nitrogen and oxygen atoms in total. The largest absolute Gasteiger partial charge is 0.494 e. The van der Waals surface area contributed by atoms with Crippen molar-refractivity contribution in [3.05, 3.63) is 48.3 Å². The van der Waals surface area contributed by atoms with E-state index < -0.39 is 0 Å². The first-order chi connectivity index (χ1) is 11.2. The van der Waals surface area contributed by atoms with Crippen LogP contribution in [0.15, 0.2) is 42.7 Å². The molecule has 0 bridgehead atoms. The average molecular weight is 311 g/mol. The molecule has 118 valence electrons. The quantitative estimate of drug-likeness (QED) is 0.941. The van der Waals surface area contributed by atoms with Crippen LogP contribution in [0, 0.1) is 0 Å². The third-order valence-corrected chi connectivity index (χ3v) is 3.73. The van der Waals surface area contributed by atoms with Crippen LogP contribution in [0.3, 0.4) is 0 Å². The zero-order valence-electron chi connectivity index (χ0n) is 12.8. The maximum atomic E-state index is 12.2. The highest BCUT2D eigenvalue weighted by molar-refractivity contribution is 6.04. The minimum Gasteiger partial charge on any atom is -0.494 e. The van der Waals surface area contributed by atoms with Crippen molar-refractivity contribution in [3.63, 3.8) is 0 Å². The summed E-state index contributed by atoms with van der Waals surface area (Å²) in [5.74, 6) is 0.407. The number of methoxy groups -OCH3 is 1. The lowest BCUT2D eigenvalue weighted by atomic mass is 10.2. The van der Waals surface area contributed by atoms with E-state index >= 15 is 0 Å². The number of carbonyl (C=O) groups excluding carboxylic acids is 2. The van der Waals surface area contributed by atoms with Gasteiger partial charge < -0.3 is 15.0 Å². The topological polar surface area (TPSA) is 71.5 Å². The lowest BCUT2D eigenvalue weighted by molar-refractivity contribution is -0.117. The Bertz CT molecular complexity index is 731. The number of aromatic nitrogens is 1. The van der Waals surface area contributed by atoms with Gasteiger partial charge in [0.25, 0.3) is 5.91 Å². The first-order valence-electron chi connectivity index (χ1n) is 7.39. The number of ether oxygens (including phenoxy) is 1. The Morgan fingerprint density at radius 3 is 2.87 bits per heavy atom. The summed E-state index contributed by atoms with van der Waals surface area (Å²) < 4.78 is 5.38. The summed E-state index contributed by atoms with van der Waals surface area (Å²) >= 11 is 0. The van der Waals surface area contributed by atoms with Crippen molar-refractivity contribution in [2.75, 3.05) is 23.9 Å². The fraction of sp³-hybridized carbons (Fsp3) is 0.235. The van der Waals surface area contributed by atoms with Crippen LogP contribution < -0.4 is 15.0 Å². The molecule has 1 N–H and O–H groups in total. The molecule has 0 aliphatic carbocycles. The van der Waals surface area contributed by atoms with E-state index in [1.54, 1.807) is 48.5 Å². The second-order valence-corrected chi connectivity index (χ2v) is 5.23. The van der Waals surface area contributed by atoms with Crippen LogP contribution in [0.2, 0.25) is 0 Å². The second kappa shape index (κ2) is 6.48. The molecule has 23 heavy (non-hydrogen) atoms. The smallest absolute Gasteiger partial charge is 0.257 e. The zero-order valence-corrected chi connectivity index (χ0v) is 12.8. The highest BCUT2D eigenvalue weighted by Crippen LogP contribution is 2.33. The number of amides is 2. The van der Waals surface area contributed by atoms with Crippen LogP contribution in [0.4, 0.5) is 11.4 Å². The van der Waals surface area contributed by atoms with Crippen molar-refractivity contribution in [1.29, 1.82) is 0 Å². The number of pyridine rings is 1. The number of hydrogen-bond donors (Lipinski definition) is 1. The summed E-state index contributed by atoms with van der Waals surface area (Å²) in [7, 11) is 1.55. The Balaban J connectivity index is 1.82. The van der Waals surface area contributed by atoms with E-state index in [0.29, 0.717) is 30.0 Å².